The molecule has 0 saturated carbocycles. The molecule has 0 aliphatic carbocycles. The Kier molecular flexibility index (Phi) is 6.64. The molecule has 0 saturated heterocycles. The van der Waals surface area contributed by atoms with Crippen LogP contribution in [0.5, 0.6) is 0 Å². The number of H-pyrrole nitrogens is 1. The Morgan fingerprint density at radius 1 is 1.10 bits per heavy atom. The summed E-state index contributed by atoms with van der Waals surface area (Å²) in [6, 6.07) is 12.1. The summed E-state index contributed by atoms with van der Waals surface area (Å²) >= 11 is 7.08. The van der Waals surface area contributed by atoms with Gasteiger partial charge >= 0.3 is 0 Å². The fourth-order valence-electron chi connectivity index (χ4n) is 2.99. The smallest absolute Gasteiger partial charge is 0.252 e. The number of halogens is 3. The molecule has 160 valence electrons. The Hall–Kier alpha value is -2.75. The molecule has 2 aromatic heterocycles. The minimum absolute atomic E-state index is 0.163. The molecule has 4 aromatic rings. The largest absolute Gasteiger partial charge is 0.376 e. The Labute approximate surface area is 185 Å². The lowest BCUT2D eigenvalue weighted by Crippen LogP contribution is -2.13. The standard InChI is InChI=1S/C21H17ClF2N4O2S/c22-15-3-1-13(2-4-15)11-30-8-7-17-10-19(29)25-20-26-27-21(28(17)20)31-12-14-9-16(23)5-6-18(14)24/h1-6,9-10H,7-8,11-12H2,(H,25,26,29). The first-order valence-corrected chi connectivity index (χ1v) is 10.7. The Bertz CT molecular complexity index is 1260. The zero-order valence-corrected chi connectivity index (χ0v) is 17.7. The number of fused-ring (bicyclic) bond motifs is 1. The van der Waals surface area contributed by atoms with Gasteiger partial charge in [-0.15, -0.1) is 10.2 Å². The number of thioether (sulfide) groups is 1. The lowest BCUT2D eigenvalue weighted by Gasteiger charge is -2.09. The van der Waals surface area contributed by atoms with Crippen molar-refractivity contribution in [3.05, 3.63) is 92.4 Å². The van der Waals surface area contributed by atoms with Gasteiger partial charge in [-0.25, -0.2) is 8.78 Å². The second-order valence-electron chi connectivity index (χ2n) is 6.72. The minimum Gasteiger partial charge on any atom is -0.376 e. The van der Waals surface area contributed by atoms with Crippen LogP contribution in [0.1, 0.15) is 16.8 Å². The number of nitrogens with one attached hydrogen (secondary N) is 1. The number of nitrogens with zero attached hydrogens (tertiary/aromatic N) is 3. The van der Waals surface area contributed by atoms with E-state index in [2.05, 4.69) is 15.2 Å². The zero-order chi connectivity index (χ0) is 21.8. The number of hydrogen-bond acceptors (Lipinski definition) is 5. The van der Waals surface area contributed by atoms with Gasteiger partial charge in [0.1, 0.15) is 11.6 Å². The van der Waals surface area contributed by atoms with Gasteiger partial charge in [0.2, 0.25) is 5.78 Å². The van der Waals surface area contributed by atoms with Crippen LogP contribution < -0.4 is 5.56 Å². The van der Waals surface area contributed by atoms with Gasteiger partial charge in [0.05, 0.1) is 13.2 Å². The topological polar surface area (TPSA) is 72.3 Å². The third-order valence-corrected chi connectivity index (χ3v) is 5.73. The summed E-state index contributed by atoms with van der Waals surface area (Å²) in [4.78, 5) is 14.6. The molecular formula is C21H17ClF2N4O2S. The molecular weight excluding hydrogens is 446 g/mol. The first kappa shape index (κ1) is 21.5. The van der Waals surface area contributed by atoms with Gasteiger partial charge in [-0.1, -0.05) is 35.5 Å². The van der Waals surface area contributed by atoms with Crippen molar-refractivity contribution in [1.29, 1.82) is 0 Å². The van der Waals surface area contributed by atoms with E-state index < -0.39 is 11.6 Å². The van der Waals surface area contributed by atoms with Crippen LogP contribution in [0.25, 0.3) is 5.78 Å². The van der Waals surface area contributed by atoms with Gasteiger partial charge in [0.25, 0.3) is 5.56 Å². The molecule has 0 unspecified atom stereocenters. The van der Waals surface area contributed by atoms with E-state index in [1.165, 1.54) is 17.8 Å². The van der Waals surface area contributed by atoms with Crippen molar-refractivity contribution in [2.24, 2.45) is 0 Å². The highest BCUT2D eigenvalue weighted by molar-refractivity contribution is 7.98. The molecule has 10 heteroatoms. The first-order valence-electron chi connectivity index (χ1n) is 9.36. The molecule has 0 amide bonds. The van der Waals surface area contributed by atoms with Crippen LogP contribution in [0.2, 0.25) is 5.02 Å². The van der Waals surface area contributed by atoms with Gasteiger partial charge in [0, 0.05) is 34.5 Å². The molecule has 0 aliphatic heterocycles. The summed E-state index contributed by atoms with van der Waals surface area (Å²) < 4.78 is 34.7. The van der Waals surface area contributed by atoms with Crippen LogP contribution in [-0.2, 0) is 23.5 Å². The zero-order valence-electron chi connectivity index (χ0n) is 16.1. The summed E-state index contributed by atoms with van der Waals surface area (Å²) in [6.45, 7) is 0.772. The van der Waals surface area contributed by atoms with E-state index >= 15 is 0 Å². The van der Waals surface area contributed by atoms with Crippen molar-refractivity contribution in [1.82, 2.24) is 19.6 Å². The van der Waals surface area contributed by atoms with Crippen LogP contribution in [-0.4, -0.2) is 26.2 Å². The van der Waals surface area contributed by atoms with Crippen molar-refractivity contribution in [3.8, 4) is 0 Å². The molecule has 31 heavy (non-hydrogen) atoms. The molecule has 6 nitrogen and oxygen atoms in total. The van der Waals surface area contributed by atoms with E-state index in [-0.39, 0.29) is 22.7 Å². The van der Waals surface area contributed by atoms with Gasteiger partial charge in [-0.05, 0) is 35.9 Å². The van der Waals surface area contributed by atoms with E-state index in [0.717, 1.165) is 23.8 Å². The van der Waals surface area contributed by atoms with Crippen LogP contribution in [0.15, 0.2) is 58.5 Å². The van der Waals surface area contributed by atoms with Crippen molar-refractivity contribution in [2.45, 2.75) is 23.9 Å². The molecule has 0 spiro atoms. The van der Waals surface area contributed by atoms with E-state index in [1.807, 2.05) is 12.1 Å². The average molecular weight is 463 g/mol. The fourth-order valence-corrected chi connectivity index (χ4v) is 4.06. The lowest BCUT2D eigenvalue weighted by atomic mass is 10.2. The summed E-state index contributed by atoms with van der Waals surface area (Å²) in [5.74, 6) is -0.559. The lowest BCUT2D eigenvalue weighted by molar-refractivity contribution is 0.123. The second kappa shape index (κ2) is 9.59. The number of aromatic amines is 1. The summed E-state index contributed by atoms with van der Waals surface area (Å²) in [5, 5.41) is 9.20. The normalized spacial score (nSPS) is 11.3. The molecule has 0 fully saturated rings. The highest BCUT2D eigenvalue weighted by Crippen LogP contribution is 2.24. The first-order chi connectivity index (χ1) is 15.0. The van der Waals surface area contributed by atoms with E-state index in [1.54, 1.807) is 16.5 Å². The van der Waals surface area contributed by atoms with Crippen molar-refractivity contribution >= 4 is 29.1 Å². The van der Waals surface area contributed by atoms with Crippen molar-refractivity contribution in [2.75, 3.05) is 6.61 Å². The fraction of sp³-hybridized carbons (Fsp3) is 0.190. The third-order valence-electron chi connectivity index (χ3n) is 4.50. The summed E-state index contributed by atoms with van der Waals surface area (Å²) in [5.41, 5.74) is 1.56. The Morgan fingerprint density at radius 3 is 2.71 bits per heavy atom. The highest BCUT2D eigenvalue weighted by atomic mass is 35.5. The maximum absolute atomic E-state index is 13.9. The number of benzene rings is 2. The van der Waals surface area contributed by atoms with Gasteiger partial charge in [-0.2, -0.15) is 0 Å². The molecule has 0 aliphatic rings. The van der Waals surface area contributed by atoms with Gasteiger partial charge < -0.3 is 4.74 Å². The quantitative estimate of drug-likeness (QED) is 0.310. The van der Waals surface area contributed by atoms with E-state index in [0.29, 0.717) is 35.5 Å². The number of rotatable bonds is 8. The number of ether oxygens (including phenoxy) is 1. The Balaban J connectivity index is 1.47. The van der Waals surface area contributed by atoms with Crippen LogP contribution in [0.4, 0.5) is 8.78 Å². The SMILES string of the molecule is O=c1cc(CCOCc2ccc(Cl)cc2)n2c(SCc3cc(F)ccc3F)nnc2[nH]1. The minimum atomic E-state index is -0.508. The summed E-state index contributed by atoms with van der Waals surface area (Å²) in [6.07, 6.45) is 0.438. The molecule has 2 aromatic carbocycles. The Morgan fingerprint density at radius 2 is 1.90 bits per heavy atom. The van der Waals surface area contributed by atoms with E-state index in [4.69, 9.17) is 16.3 Å². The molecule has 4 rings (SSSR count). The highest BCUT2D eigenvalue weighted by Gasteiger charge is 2.14. The van der Waals surface area contributed by atoms with Crippen LogP contribution >= 0.6 is 23.4 Å². The molecule has 0 bridgehead atoms. The maximum atomic E-state index is 13.9. The van der Waals surface area contributed by atoms with Crippen molar-refractivity contribution in [3.63, 3.8) is 0 Å². The number of hydrogen-bond donors (Lipinski definition) is 1. The van der Waals surface area contributed by atoms with Crippen LogP contribution in [0.3, 0.4) is 0 Å². The molecule has 0 radical (unpaired) electrons. The monoisotopic (exact) mass is 462 g/mol. The predicted octanol–water partition coefficient (Wildman–Crippen LogP) is 4.40. The third kappa shape index (κ3) is 5.30. The predicted molar refractivity (Wildman–Crippen MR) is 114 cm³/mol. The van der Waals surface area contributed by atoms with Crippen LogP contribution in [0, 0.1) is 11.6 Å². The van der Waals surface area contributed by atoms with Gasteiger partial charge in [-0.3, -0.25) is 14.2 Å². The van der Waals surface area contributed by atoms with Gasteiger partial charge in [0.15, 0.2) is 5.16 Å². The summed E-state index contributed by atoms with van der Waals surface area (Å²) in [7, 11) is 0. The molecule has 2 heterocycles. The number of aromatic nitrogens is 4. The molecule has 0 atom stereocenters. The second-order valence-corrected chi connectivity index (χ2v) is 8.10. The molecule has 1 N–H and O–H groups in total. The van der Waals surface area contributed by atoms with Crippen molar-refractivity contribution < 1.29 is 13.5 Å². The average Bonchev–Trinajstić information content (AvgIpc) is 3.16. The van der Waals surface area contributed by atoms with E-state index in [9.17, 15) is 13.6 Å². The maximum Gasteiger partial charge on any atom is 0.252 e.